The predicted octanol–water partition coefficient (Wildman–Crippen LogP) is 1.73. The fourth-order valence-corrected chi connectivity index (χ4v) is 4.07. The van der Waals surface area contributed by atoms with Gasteiger partial charge in [0, 0.05) is 18.1 Å². The number of benzene rings is 1. The van der Waals surface area contributed by atoms with Crippen LogP contribution in [0.5, 0.6) is 0 Å². The van der Waals surface area contributed by atoms with Crippen LogP contribution in [0.25, 0.3) is 0 Å². The van der Waals surface area contributed by atoms with E-state index in [0.29, 0.717) is 16.1 Å². The molecule has 0 spiro atoms. The molecule has 1 aromatic heterocycles. The molecule has 108 valence electrons. The number of sulfone groups is 1. The molecule has 0 aliphatic carbocycles. The highest BCUT2D eigenvalue weighted by Gasteiger charge is 2.35. The van der Waals surface area contributed by atoms with Crippen molar-refractivity contribution in [2.75, 3.05) is 11.1 Å². The summed E-state index contributed by atoms with van der Waals surface area (Å²) in [5.41, 5.74) is 1.22. The number of carbonyl (C=O) groups excluding carboxylic acids is 1. The molecular weight excluding hydrogens is 290 g/mol. The van der Waals surface area contributed by atoms with Crippen molar-refractivity contribution in [2.45, 2.75) is 10.9 Å². The lowest BCUT2D eigenvalue weighted by Gasteiger charge is -2.13. The SMILES string of the molecule is O=C(Nc1ccncc1)N[C@@H]1CS(=O)(=O)c2ccccc21. The van der Waals surface area contributed by atoms with Crippen molar-refractivity contribution in [3.8, 4) is 0 Å². The lowest BCUT2D eigenvalue weighted by atomic mass is 10.1. The number of hydrogen-bond acceptors (Lipinski definition) is 4. The maximum absolute atomic E-state index is 12.0. The van der Waals surface area contributed by atoms with Gasteiger partial charge >= 0.3 is 6.03 Å². The third-order valence-electron chi connectivity index (χ3n) is 3.26. The summed E-state index contributed by atoms with van der Waals surface area (Å²) in [6.07, 6.45) is 3.12. The van der Waals surface area contributed by atoms with E-state index in [1.54, 1.807) is 48.8 Å². The summed E-state index contributed by atoms with van der Waals surface area (Å²) >= 11 is 0. The first-order chi connectivity index (χ1) is 10.1. The molecule has 1 atom stereocenters. The number of hydrogen-bond donors (Lipinski definition) is 2. The van der Waals surface area contributed by atoms with Gasteiger partial charge in [-0.3, -0.25) is 4.98 Å². The van der Waals surface area contributed by atoms with Gasteiger partial charge in [0.2, 0.25) is 0 Å². The Balaban J connectivity index is 1.76. The zero-order valence-corrected chi connectivity index (χ0v) is 11.8. The Morgan fingerprint density at radius 3 is 2.62 bits per heavy atom. The summed E-state index contributed by atoms with van der Waals surface area (Å²) in [5.74, 6) is -0.115. The summed E-state index contributed by atoms with van der Waals surface area (Å²) in [6.45, 7) is 0. The second-order valence-electron chi connectivity index (χ2n) is 4.71. The summed E-state index contributed by atoms with van der Waals surface area (Å²) < 4.78 is 24.0. The fraction of sp³-hybridized carbons (Fsp3) is 0.143. The maximum Gasteiger partial charge on any atom is 0.319 e. The highest BCUT2D eigenvalue weighted by Crippen LogP contribution is 2.32. The van der Waals surface area contributed by atoms with Crippen LogP contribution in [0.1, 0.15) is 11.6 Å². The van der Waals surface area contributed by atoms with Gasteiger partial charge < -0.3 is 10.6 Å². The molecule has 7 heteroatoms. The summed E-state index contributed by atoms with van der Waals surface area (Å²) in [6, 6.07) is 9.04. The van der Waals surface area contributed by atoms with Crippen LogP contribution in [0.4, 0.5) is 10.5 Å². The largest absolute Gasteiger partial charge is 0.330 e. The van der Waals surface area contributed by atoms with Crippen molar-refractivity contribution in [1.29, 1.82) is 0 Å². The van der Waals surface area contributed by atoms with Crippen LogP contribution in [0.3, 0.4) is 0 Å². The quantitative estimate of drug-likeness (QED) is 0.884. The Morgan fingerprint density at radius 1 is 1.14 bits per heavy atom. The number of anilines is 1. The molecule has 2 heterocycles. The number of amides is 2. The molecule has 1 aliphatic heterocycles. The number of urea groups is 1. The predicted molar refractivity (Wildman–Crippen MR) is 77.6 cm³/mol. The second-order valence-corrected chi connectivity index (χ2v) is 6.71. The highest BCUT2D eigenvalue weighted by molar-refractivity contribution is 7.91. The zero-order valence-electron chi connectivity index (χ0n) is 11.0. The smallest absolute Gasteiger partial charge is 0.319 e. The molecular formula is C14H13N3O3S. The van der Waals surface area contributed by atoms with E-state index < -0.39 is 21.9 Å². The van der Waals surface area contributed by atoms with E-state index in [-0.39, 0.29) is 5.75 Å². The van der Waals surface area contributed by atoms with Gasteiger partial charge in [-0.25, -0.2) is 13.2 Å². The van der Waals surface area contributed by atoms with Crippen LogP contribution in [0.15, 0.2) is 53.7 Å². The van der Waals surface area contributed by atoms with E-state index in [1.165, 1.54) is 0 Å². The average Bonchev–Trinajstić information content (AvgIpc) is 2.72. The Labute approximate surface area is 122 Å². The van der Waals surface area contributed by atoms with Crippen LogP contribution in [-0.4, -0.2) is 25.2 Å². The van der Waals surface area contributed by atoms with Gasteiger partial charge in [-0.15, -0.1) is 0 Å². The minimum Gasteiger partial charge on any atom is -0.330 e. The van der Waals surface area contributed by atoms with E-state index in [0.717, 1.165) is 0 Å². The van der Waals surface area contributed by atoms with Gasteiger partial charge in [0.05, 0.1) is 16.7 Å². The Bertz CT molecular complexity index is 775. The number of aromatic nitrogens is 1. The molecule has 1 aromatic carbocycles. The standard InChI is InChI=1S/C14H13N3O3S/c18-14(16-10-5-7-15-8-6-10)17-12-9-21(19,20)13-4-2-1-3-11(12)13/h1-8,12H,9H2,(H2,15,16,17,18)/t12-/m1/s1. The molecule has 21 heavy (non-hydrogen) atoms. The van der Waals surface area contributed by atoms with Crippen molar-refractivity contribution < 1.29 is 13.2 Å². The third-order valence-corrected chi connectivity index (χ3v) is 5.07. The van der Waals surface area contributed by atoms with E-state index >= 15 is 0 Å². The minimum atomic E-state index is -3.33. The van der Waals surface area contributed by atoms with E-state index in [2.05, 4.69) is 15.6 Å². The number of nitrogens with one attached hydrogen (secondary N) is 2. The van der Waals surface area contributed by atoms with Crippen molar-refractivity contribution in [2.24, 2.45) is 0 Å². The molecule has 0 saturated carbocycles. The van der Waals surface area contributed by atoms with Gasteiger partial charge in [-0.05, 0) is 23.8 Å². The topological polar surface area (TPSA) is 88.2 Å². The number of rotatable bonds is 2. The van der Waals surface area contributed by atoms with Gasteiger partial charge in [0.25, 0.3) is 0 Å². The van der Waals surface area contributed by atoms with Crippen molar-refractivity contribution in [3.63, 3.8) is 0 Å². The van der Waals surface area contributed by atoms with Crippen LogP contribution >= 0.6 is 0 Å². The number of pyridine rings is 1. The molecule has 2 amide bonds. The number of fused-ring (bicyclic) bond motifs is 1. The van der Waals surface area contributed by atoms with E-state index in [4.69, 9.17) is 0 Å². The third kappa shape index (κ3) is 2.73. The molecule has 0 unspecified atom stereocenters. The van der Waals surface area contributed by atoms with E-state index in [9.17, 15) is 13.2 Å². The monoisotopic (exact) mass is 303 g/mol. The van der Waals surface area contributed by atoms with Crippen LogP contribution in [-0.2, 0) is 9.84 Å². The van der Waals surface area contributed by atoms with Gasteiger partial charge in [-0.2, -0.15) is 0 Å². The maximum atomic E-state index is 12.0. The van der Waals surface area contributed by atoms with Gasteiger partial charge in [0.1, 0.15) is 0 Å². The molecule has 0 bridgehead atoms. The fourth-order valence-electron chi connectivity index (χ4n) is 2.33. The second kappa shape index (κ2) is 5.17. The first kappa shape index (κ1) is 13.6. The molecule has 1 aliphatic rings. The number of nitrogens with zero attached hydrogens (tertiary/aromatic N) is 1. The normalized spacial score (nSPS) is 18.8. The lowest BCUT2D eigenvalue weighted by molar-refractivity contribution is 0.249. The first-order valence-electron chi connectivity index (χ1n) is 6.35. The van der Waals surface area contributed by atoms with Crippen LogP contribution in [0.2, 0.25) is 0 Å². The summed E-state index contributed by atoms with van der Waals surface area (Å²) in [7, 11) is -3.33. The van der Waals surface area contributed by atoms with Crippen molar-refractivity contribution in [1.82, 2.24) is 10.3 Å². The summed E-state index contributed by atoms with van der Waals surface area (Å²) in [5, 5.41) is 5.33. The van der Waals surface area contributed by atoms with Crippen LogP contribution < -0.4 is 10.6 Å². The van der Waals surface area contributed by atoms with Gasteiger partial charge in [-0.1, -0.05) is 18.2 Å². The highest BCUT2D eigenvalue weighted by atomic mass is 32.2. The molecule has 0 radical (unpaired) electrons. The zero-order chi connectivity index (χ0) is 14.9. The Kier molecular flexibility index (Phi) is 3.34. The van der Waals surface area contributed by atoms with Crippen molar-refractivity contribution in [3.05, 3.63) is 54.4 Å². The van der Waals surface area contributed by atoms with Crippen LogP contribution in [0, 0.1) is 0 Å². The molecule has 2 N–H and O–H groups in total. The van der Waals surface area contributed by atoms with Crippen molar-refractivity contribution >= 4 is 21.6 Å². The Hall–Kier alpha value is -2.41. The minimum absolute atomic E-state index is 0.115. The Morgan fingerprint density at radius 2 is 1.86 bits per heavy atom. The van der Waals surface area contributed by atoms with Gasteiger partial charge in [0.15, 0.2) is 9.84 Å². The lowest BCUT2D eigenvalue weighted by Crippen LogP contribution is -2.33. The molecule has 6 nitrogen and oxygen atoms in total. The van der Waals surface area contributed by atoms with E-state index in [1.807, 2.05) is 0 Å². The number of carbonyl (C=O) groups is 1. The summed E-state index contributed by atoms with van der Waals surface area (Å²) in [4.78, 5) is 16.1. The molecule has 3 rings (SSSR count). The molecule has 0 fully saturated rings. The average molecular weight is 303 g/mol. The molecule has 2 aromatic rings. The molecule has 0 saturated heterocycles. The first-order valence-corrected chi connectivity index (χ1v) is 8.01.